The Morgan fingerprint density at radius 2 is 1.83 bits per heavy atom. The van der Waals surface area contributed by atoms with Crippen molar-refractivity contribution in [3.05, 3.63) is 53.6 Å². The molecular weight excluding hydrogens is 229 g/mol. The average Bonchev–Trinajstić information content (AvgIpc) is 2.74. The van der Waals surface area contributed by atoms with Gasteiger partial charge in [0, 0.05) is 19.3 Å². The van der Waals surface area contributed by atoms with Crippen LogP contribution in [0.2, 0.25) is 0 Å². The first-order valence-corrected chi connectivity index (χ1v) is 6.07. The first-order valence-electron chi connectivity index (χ1n) is 6.07. The molecule has 1 aromatic carbocycles. The van der Waals surface area contributed by atoms with E-state index in [1.54, 1.807) is 16.8 Å². The Labute approximate surface area is 107 Å². The molecule has 3 nitrogen and oxygen atoms in total. The molecule has 1 heterocycles. The van der Waals surface area contributed by atoms with Crippen LogP contribution in [0.15, 0.2) is 36.5 Å². The van der Waals surface area contributed by atoms with Crippen LogP contribution in [0.25, 0.3) is 0 Å². The molecular formula is C14H18FN3. The summed E-state index contributed by atoms with van der Waals surface area (Å²) in [5, 5.41) is 7.87. The lowest BCUT2D eigenvalue weighted by molar-refractivity contribution is 0.513. The number of benzene rings is 1. The Hall–Kier alpha value is -1.68. The summed E-state index contributed by atoms with van der Waals surface area (Å²) < 4.78 is 14.8. The predicted octanol–water partition coefficient (Wildman–Crippen LogP) is 2.65. The van der Waals surface area contributed by atoms with Gasteiger partial charge in [-0.25, -0.2) is 4.39 Å². The van der Waals surface area contributed by atoms with Crippen LogP contribution in [0.4, 0.5) is 4.39 Å². The molecule has 1 atom stereocenters. The molecule has 0 aliphatic carbocycles. The van der Waals surface area contributed by atoms with Crippen molar-refractivity contribution in [3.8, 4) is 0 Å². The van der Waals surface area contributed by atoms with Gasteiger partial charge in [-0.1, -0.05) is 12.1 Å². The van der Waals surface area contributed by atoms with Crippen molar-refractivity contribution in [2.75, 3.05) is 0 Å². The van der Waals surface area contributed by atoms with Crippen molar-refractivity contribution in [3.63, 3.8) is 0 Å². The smallest absolute Gasteiger partial charge is 0.123 e. The van der Waals surface area contributed by atoms with Gasteiger partial charge in [-0.3, -0.25) is 4.68 Å². The second-order valence-corrected chi connectivity index (χ2v) is 4.72. The maximum atomic E-state index is 13.0. The van der Waals surface area contributed by atoms with E-state index in [4.69, 9.17) is 0 Å². The molecule has 0 spiro atoms. The Balaban J connectivity index is 2.33. The Kier molecular flexibility index (Phi) is 3.77. The molecule has 0 amide bonds. The van der Waals surface area contributed by atoms with Gasteiger partial charge >= 0.3 is 0 Å². The molecule has 0 saturated carbocycles. The maximum Gasteiger partial charge on any atom is 0.123 e. The van der Waals surface area contributed by atoms with Gasteiger partial charge < -0.3 is 5.32 Å². The highest BCUT2D eigenvalue weighted by atomic mass is 19.1. The molecule has 4 heteroatoms. The molecule has 0 fully saturated rings. The molecule has 96 valence electrons. The Morgan fingerprint density at radius 1 is 1.17 bits per heavy atom. The molecule has 0 saturated heterocycles. The lowest BCUT2D eigenvalue weighted by atomic mass is 10.0. The van der Waals surface area contributed by atoms with Crippen molar-refractivity contribution in [1.29, 1.82) is 0 Å². The van der Waals surface area contributed by atoms with Gasteiger partial charge in [0.1, 0.15) is 5.82 Å². The monoisotopic (exact) mass is 247 g/mol. The van der Waals surface area contributed by atoms with E-state index >= 15 is 0 Å². The highest BCUT2D eigenvalue weighted by Crippen LogP contribution is 2.21. The second-order valence-electron chi connectivity index (χ2n) is 4.72. The van der Waals surface area contributed by atoms with Crippen LogP contribution in [0.5, 0.6) is 0 Å². The van der Waals surface area contributed by atoms with E-state index in [9.17, 15) is 4.39 Å². The zero-order chi connectivity index (χ0) is 13.1. The molecule has 1 N–H and O–H groups in total. The minimum Gasteiger partial charge on any atom is -0.303 e. The van der Waals surface area contributed by atoms with E-state index < -0.39 is 0 Å². The van der Waals surface area contributed by atoms with Crippen LogP contribution in [0.3, 0.4) is 0 Å². The number of aryl methyl sites for hydroxylation is 1. The van der Waals surface area contributed by atoms with Crippen LogP contribution in [0, 0.1) is 5.82 Å². The summed E-state index contributed by atoms with van der Waals surface area (Å²) in [5.74, 6) is -0.219. The normalized spacial score (nSPS) is 12.9. The van der Waals surface area contributed by atoms with Crippen molar-refractivity contribution in [1.82, 2.24) is 15.1 Å². The van der Waals surface area contributed by atoms with Crippen molar-refractivity contribution in [2.24, 2.45) is 7.05 Å². The minimum absolute atomic E-state index is 0.00759. The number of rotatable bonds is 4. The molecule has 0 radical (unpaired) electrons. The number of halogens is 1. The third-order valence-electron chi connectivity index (χ3n) is 2.73. The molecule has 1 unspecified atom stereocenters. The van der Waals surface area contributed by atoms with E-state index in [1.807, 2.05) is 19.3 Å². The van der Waals surface area contributed by atoms with Gasteiger partial charge in [0.25, 0.3) is 0 Å². The Bertz CT molecular complexity index is 502. The van der Waals surface area contributed by atoms with Crippen molar-refractivity contribution >= 4 is 0 Å². The second kappa shape index (κ2) is 5.31. The fraction of sp³-hybridized carbons (Fsp3) is 0.357. The van der Waals surface area contributed by atoms with E-state index in [0.717, 1.165) is 11.3 Å². The van der Waals surface area contributed by atoms with Crippen molar-refractivity contribution in [2.45, 2.75) is 25.9 Å². The summed E-state index contributed by atoms with van der Waals surface area (Å²) in [5.41, 5.74) is 1.96. The lowest BCUT2D eigenvalue weighted by Gasteiger charge is -2.20. The number of nitrogens with one attached hydrogen (secondary N) is 1. The van der Waals surface area contributed by atoms with Gasteiger partial charge in [-0.05, 0) is 37.6 Å². The summed E-state index contributed by atoms with van der Waals surface area (Å²) in [6.07, 6.45) is 1.91. The highest BCUT2D eigenvalue weighted by molar-refractivity contribution is 5.27. The molecule has 0 aliphatic heterocycles. The summed E-state index contributed by atoms with van der Waals surface area (Å²) >= 11 is 0. The Morgan fingerprint density at radius 3 is 2.33 bits per heavy atom. The lowest BCUT2D eigenvalue weighted by Crippen LogP contribution is -2.29. The number of hydrogen-bond acceptors (Lipinski definition) is 2. The number of aromatic nitrogens is 2. The predicted molar refractivity (Wildman–Crippen MR) is 69.7 cm³/mol. The first-order chi connectivity index (χ1) is 8.56. The van der Waals surface area contributed by atoms with E-state index in [-0.39, 0.29) is 11.9 Å². The topological polar surface area (TPSA) is 29.9 Å². The summed E-state index contributed by atoms with van der Waals surface area (Å²) in [6.45, 7) is 4.17. The maximum absolute atomic E-state index is 13.0. The van der Waals surface area contributed by atoms with Crippen LogP contribution in [0.1, 0.15) is 31.1 Å². The van der Waals surface area contributed by atoms with Crippen LogP contribution in [-0.4, -0.2) is 15.8 Å². The quantitative estimate of drug-likeness (QED) is 0.900. The first kappa shape index (κ1) is 12.8. The molecule has 1 aromatic heterocycles. The zero-order valence-corrected chi connectivity index (χ0v) is 10.9. The highest BCUT2D eigenvalue weighted by Gasteiger charge is 2.17. The molecule has 18 heavy (non-hydrogen) atoms. The van der Waals surface area contributed by atoms with E-state index in [0.29, 0.717) is 6.04 Å². The largest absolute Gasteiger partial charge is 0.303 e. The molecule has 0 aliphatic rings. The fourth-order valence-electron chi connectivity index (χ4n) is 1.93. The molecule has 2 aromatic rings. The van der Waals surface area contributed by atoms with Gasteiger partial charge in [0.15, 0.2) is 0 Å². The van der Waals surface area contributed by atoms with Gasteiger partial charge in [0.05, 0.1) is 11.7 Å². The zero-order valence-electron chi connectivity index (χ0n) is 10.9. The van der Waals surface area contributed by atoms with Crippen LogP contribution >= 0.6 is 0 Å². The minimum atomic E-state index is -0.219. The van der Waals surface area contributed by atoms with Crippen LogP contribution < -0.4 is 5.32 Å². The molecule has 2 rings (SSSR count). The summed E-state index contributed by atoms with van der Waals surface area (Å²) in [6, 6.07) is 8.84. The van der Waals surface area contributed by atoms with Gasteiger partial charge in [0.2, 0.25) is 0 Å². The van der Waals surface area contributed by atoms with E-state index in [1.165, 1.54) is 12.1 Å². The third kappa shape index (κ3) is 2.96. The third-order valence-corrected chi connectivity index (χ3v) is 2.73. The SMILES string of the molecule is CC(C)NC(c1ccc(F)cc1)c1ccn(C)n1. The number of hydrogen-bond donors (Lipinski definition) is 1. The van der Waals surface area contributed by atoms with E-state index in [2.05, 4.69) is 24.3 Å². The van der Waals surface area contributed by atoms with Crippen LogP contribution in [-0.2, 0) is 7.05 Å². The summed E-state index contributed by atoms with van der Waals surface area (Å²) in [7, 11) is 1.89. The number of nitrogens with zero attached hydrogens (tertiary/aromatic N) is 2. The van der Waals surface area contributed by atoms with Gasteiger partial charge in [-0.15, -0.1) is 0 Å². The fourth-order valence-corrected chi connectivity index (χ4v) is 1.93. The molecule has 0 bridgehead atoms. The summed E-state index contributed by atoms with van der Waals surface area (Å²) in [4.78, 5) is 0. The van der Waals surface area contributed by atoms with Crippen molar-refractivity contribution < 1.29 is 4.39 Å². The standard InChI is InChI=1S/C14H18FN3/c1-10(2)16-14(13-8-9-18(3)17-13)11-4-6-12(15)7-5-11/h4-10,14,16H,1-3H3. The average molecular weight is 247 g/mol. The van der Waals surface area contributed by atoms with Gasteiger partial charge in [-0.2, -0.15) is 5.10 Å².